The standard InChI is InChI=1S/C27H33N3O5/c1-4-33-24-15-19(16-25(34-5-2)26(24)35-6-3)27(32)30-13-11-29(12-14-30)18-23(31)21-17-28-22-10-8-7-9-20(21)22/h7-10,15-17,28H,4-6,11-14,18H2,1-3H3. The normalized spacial score (nSPS) is 14.2. The topological polar surface area (TPSA) is 84.1 Å². The van der Waals surface area contributed by atoms with E-state index in [1.54, 1.807) is 18.3 Å². The van der Waals surface area contributed by atoms with Gasteiger partial charge in [0.25, 0.3) is 5.91 Å². The number of ketones is 1. The van der Waals surface area contributed by atoms with Crippen molar-refractivity contribution in [3.63, 3.8) is 0 Å². The number of hydrogen-bond donors (Lipinski definition) is 1. The number of carbonyl (C=O) groups is 2. The zero-order valence-electron chi connectivity index (χ0n) is 20.6. The first-order chi connectivity index (χ1) is 17.0. The van der Waals surface area contributed by atoms with E-state index < -0.39 is 0 Å². The molecule has 1 N–H and O–H groups in total. The molecule has 1 aliphatic rings. The predicted octanol–water partition coefficient (Wildman–Crippen LogP) is 4.00. The SMILES string of the molecule is CCOc1cc(C(=O)N2CCN(CC(=O)c3c[nH]c4ccccc34)CC2)cc(OCC)c1OCC. The number of carbonyl (C=O) groups excluding carboxylic acids is 2. The molecule has 186 valence electrons. The maximum Gasteiger partial charge on any atom is 0.254 e. The second-order valence-electron chi connectivity index (χ2n) is 8.34. The van der Waals surface area contributed by atoms with E-state index in [2.05, 4.69) is 9.88 Å². The van der Waals surface area contributed by atoms with Crippen LogP contribution in [0.3, 0.4) is 0 Å². The highest BCUT2D eigenvalue weighted by Gasteiger charge is 2.26. The molecule has 0 atom stereocenters. The number of Topliss-reactive ketones (excluding diaryl/α,β-unsaturated/α-hetero) is 1. The zero-order chi connectivity index (χ0) is 24.8. The molecule has 1 amide bonds. The average Bonchev–Trinajstić information content (AvgIpc) is 3.30. The number of para-hydroxylation sites is 1. The molecule has 1 saturated heterocycles. The van der Waals surface area contributed by atoms with Gasteiger partial charge in [0.05, 0.1) is 26.4 Å². The maximum absolute atomic E-state index is 13.3. The van der Waals surface area contributed by atoms with Crippen LogP contribution in [-0.4, -0.2) is 79.0 Å². The Morgan fingerprint density at radius 1 is 0.886 bits per heavy atom. The highest BCUT2D eigenvalue weighted by Crippen LogP contribution is 2.39. The van der Waals surface area contributed by atoms with Gasteiger partial charge >= 0.3 is 0 Å². The molecule has 0 radical (unpaired) electrons. The summed E-state index contributed by atoms with van der Waals surface area (Å²) in [6.07, 6.45) is 1.78. The number of piperazine rings is 1. The second-order valence-corrected chi connectivity index (χ2v) is 8.34. The maximum atomic E-state index is 13.3. The van der Waals surface area contributed by atoms with Crippen molar-refractivity contribution in [3.05, 3.63) is 53.7 Å². The first-order valence-corrected chi connectivity index (χ1v) is 12.2. The molecule has 1 aromatic heterocycles. The van der Waals surface area contributed by atoms with Crippen molar-refractivity contribution in [3.8, 4) is 17.2 Å². The highest BCUT2D eigenvalue weighted by atomic mass is 16.5. The Hall–Kier alpha value is -3.52. The van der Waals surface area contributed by atoms with Crippen LogP contribution in [0.4, 0.5) is 0 Å². The molecular weight excluding hydrogens is 446 g/mol. The Morgan fingerprint density at radius 2 is 1.51 bits per heavy atom. The number of aromatic nitrogens is 1. The van der Waals surface area contributed by atoms with Gasteiger partial charge in [-0.3, -0.25) is 14.5 Å². The van der Waals surface area contributed by atoms with Gasteiger partial charge in [0, 0.05) is 54.4 Å². The quantitative estimate of drug-likeness (QED) is 0.443. The summed E-state index contributed by atoms with van der Waals surface area (Å²) in [5.41, 5.74) is 2.17. The lowest BCUT2D eigenvalue weighted by molar-refractivity contribution is 0.0623. The van der Waals surface area contributed by atoms with Crippen LogP contribution in [0.25, 0.3) is 10.9 Å². The first kappa shape index (κ1) is 24.6. The van der Waals surface area contributed by atoms with Gasteiger partial charge in [-0.15, -0.1) is 0 Å². The van der Waals surface area contributed by atoms with Crippen molar-refractivity contribution >= 4 is 22.6 Å². The summed E-state index contributed by atoms with van der Waals surface area (Å²) in [5.74, 6) is 1.53. The summed E-state index contributed by atoms with van der Waals surface area (Å²) in [4.78, 5) is 33.3. The number of H-pyrrole nitrogens is 1. The Morgan fingerprint density at radius 3 is 2.14 bits per heavy atom. The molecule has 0 aliphatic carbocycles. The second kappa shape index (κ2) is 11.3. The van der Waals surface area contributed by atoms with Gasteiger partial charge in [-0.25, -0.2) is 0 Å². The zero-order valence-corrected chi connectivity index (χ0v) is 20.6. The smallest absolute Gasteiger partial charge is 0.254 e. The van der Waals surface area contributed by atoms with E-state index in [-0.39, 0.29) is 11.7 Å². The number of fused-ring (bicyclic) bond motifs is 1. The van der Waals surface area contributed by atoms with Crippen molar-refractivity contribution in [1.82, 2.24) is 14.8 Å². The fourth-order valence-electron chi connectivity index (χ4n) is 4.39. The molecule has 4 rings (SSSR count). The van der Waals surface area contributed by atoms with Crippen LogP contribution in [0.5, 0.6) is 17.2 Å². The van der Waals surface area contributed by atoms with Crippen molar-refractivity contribution in [2.75, 3.05) is 52.5 Å². The van der Waals surface area contributed by atoms with Gasteiger partial charge in [0.2, 0.25) is 5.75 Å². The lowest BCUT2D eigenvalue weighted by atomic mass is 10.1. The van der Waals surface area contributed by atoms with Crippen molar-refractivity contribution in [1.29, 1.82) is 0 Å². The molecule has 0 saturated carbocycles. The van der Waals surface area contributed by atoms with Crippen LogP contribution in [0.15, 0.2) is 42.6 Å². The van der Waals surface area contributed by atoms with Crippen LogP contribution in [0.2, 0.25) is 0 Å². The summed E-state index contributed by atoms with van der Waals surface area (Å²) in [6, 6.07) is 11.3. The third-order valence-corrected chi connectivity index (χ3v) is 6.07. The fourth-order valence-corrected chi connectivity index (χ4v) is 4.39. The molecule has 1 aliphatic heterocycles. The monoisotopic (exact) mass is 479 g/mol. The van der Waals surface area contributed by atoms with E-state index in [9.17, 15) is 9.59 Å². The van der Waals surface area contributed by atoms with E-state index in [1.165, 1.54) is 0 Å². The van der Waals surface area contributed by atoms with Gasteiger partial charge in [0.15, 0.2) is 17.3 Å². The molecule has 3 aromatic rings. The van der Waals surface area contributed by atoms with E-state index in [0.717, 1.165) is 10.9 Å². The Balaban J connectivity index is 1.42. The first-order valence-electron chi connectivity index (χ1n) is 12.2. The molecule has 8 nitrogen and oxygen atoms in total. The largest absolute Gasteiger partial charge is 0.490 e. The van der Waals surface area contributed by atoms with Crippen molar-refractivity contribution < 1.29 is 23.8 Å². The van der Waals surface area contributed by atoms with Gasteiger partial charge in [-0.1, -0.05) is 18.2 Å². The summed E-state index contributed by atoms with van der Waals surface area (Å²) in [7, 11) is 0. The number of amides is 1. The number of ether oxygens (including phenoxy) is 3. The minimum Gasteiger partial charge on any atom is -0.490 e. The molecule has 0 spiro atoms. The van der Waals surface area contributed by atoms with E-state index >= 15 is 0 Å². The average molecular weight is 480 g/mol. The predicted molar refractivity (Wildman–Crippen MR) is 135 cm³/mol. The van der Waals surface area contributed by atoms with Crippen LogP contribution < -0.4 is 14.2 Å². The van der Waals surface area contributed by atoms with Crippen LogP contribution in [-0.2, 0) is 0 Å². The number of benzene rings is 2. The fraction of sp³-hybridized carbons (Fsp3) is 0.407. The summed E-state index contributed by atoms with van der Waals surface area (Å²) < 4.78 is 17.3. The summed E-state index contributed by atoms with van der Waals surface area (Å²) in [5, 5.41) is 0.942. The number of rotatable bonds is 10. The Bertz CT molecular complexity index is 1150. The minimum absolute atomic E-state index is 0.0800. The molecule has 35 heavy (non-hydrogen) atoms. The van der Waals surface area contributed by atoms with Crippen molar-refractivity contribution in [2.24, 2.45) is 0 Å². The van der Waals surface area contributed by atoms with Gasteiger partial charge in [-0.2, -0.15) is 0 Å². The molecule has 2 heterocycles. The lowest BCUT2D eigenvalue weighted by Gasteiger charge is -2.34. The van der Waals surface area contributed by atoms with Crippen LogP contribution >= 0.6 is 0 Å². The third kappa shape index (κ3) is 5.43. The van der Waals surface area contributed by atoms with Crippen molar-refractivity contribution in [2.45, 2.75) is 20.8 Å². The van der Waals surface area contributed by atoms with Gasteiger partial charge in [-0.05, 0) is 39.0 Å². The van der Waals surface area contributed by atoms with Gasteiger partial charge in [0.1, 0.15) is 0 Å². The number of hydrogen-bond acceptors (Lipinski definition) is 6. The number of aromatic amines is 1. The third-order valence-electron chi connectivity index (χ3n) is 6.07. The van der Waals surface area contributed by atoms with E-state index in [1.807, 2.05) is 49.9 Å². The summed E-state index contributed by atoms with van der Waals surface area (Å²) in [6.45, 7) is 9.72. The molecule has 1 fully saturated rings. The number of nitrogens with zero attached hydrogens (tertiary/aromatic N) is 2. The van der Waals surface area contributed by atoms with Crippen LogP contribution in [0.1, 0.15) is 41.5 Å². The molecule has 0 unspecified atom stereocenters. The Labute approximate surface area is 205 Å². The summed E-state index contributed by atoms with van der Waals surface area (Å²) >= 11 is 0. The lowest BCUT2D eigenvalue weighted by Crippen LogP contribution is -2.49. The molecule has 8 heteroatoms. The highest BCUT2D eigenvalue weighted by molar-refractivity contribution is 6.08. The van der Waals surface area contributed by atoms with Crippen LogP contribution in [0, 0.1) is 0 Å². The minimum atomic E-state index is -0.0856. The van der Waals surface area contributed by atoms with E-state index in [0.29, 0.717) is 80.9 Å². The molecular formula is C27H33N3O5. The van der Waals surface area contributed by atoms with Gasteiger partial charge < -0.3 is 24.1 Å². The Kier molecular flexibility index (Phi) is 7.92. The molecule has 2 aromatic carbocycles. The number of nitrogens with one attached hydrogen (secondary N) is 1. The van der Waals surface area contributed by atoms with E-state index in [4.69, 9.17) is 14.2 Å². The molecule has 0 bridgehead atoms.